The maximum absolute atomic E-state index is 13.4. The maximum atomic E-state index is 13.4. The van der Waals surface area contributed by atoms with Crippen molar-refractivity contribution < 1.29 is 13.2 Å². The second-order valence-electron chi connectivity index (χ2n) is 9.14. The molecule has 0 bridgehead atoms. The Kier molecular flexibility index (Phi) is 6.75. The molecule has 1 unspecified atom stereocenters. The molecule has 0 aliphatic carbocycles. The summed E-state index contributed by atoms with van der Waals surface area (Å²) in [6.45, 7) is 6.15. The molecule has 4 aromatic rings. The van der Waals surface area contributed by atoms with Crippen LogP contribution in [0.25, 0.3) is 11.0 Å². The zero-order valence-corrected chi connectivity index (χ0v) is 21.3. The van der Waals surface area contributed by atoms with Crippen molar-refractivity contribution in [3.63, 3.8) is 0 Å². The van der Waals surface area contributed by atoms with Gasteiger partial charge in [0.15, 0.2) is 0 Å². The van der Waals surface area contributed by atoms with Gasteiger partial charge in [-0.1, -0.05) is 62.7 Å². The van der Waals surface area contributed by atoms with Gasteiger partial charge >= 0.3 is 0 Å². The van der Waals surface area contributed by atoms with Gasteiger partial charge in [0.25, 0.3) is 10.0 Å². The third-order valence-corrected chi connectivity index (χ3v) is 7.79. The van der Waals surface area contributed by atoms with Gasteiger partial charge in [0.1, 0.15) is 11.0 Å². The highest BCUT2D eigenvalue weighted by Gasteiger charge is 2.27. The summed E-state index contributed by atoms with van der Waals surface area (Å²) in [7, 11) is -4.05. The Morgan fingerprint density at radius 3 is 2.26 bits per heavy atom. The van der Waals surface area contributed by atoms with E-state index in [0.717, 1.165) is 28.4 Å². The predicted molar refractivity (Wildman–Crippen MR) is 136 cm³/mol. The lowest BCUT2D eigenvalue weighted by Crippen LogP contribution is -2.35. The highest BCUT2D eigenvalue weighted by atomic mass is 35.5. The van der Waals surface area contributed by atoms with E-state index in [1.54, 1.807) is 42.5 Å². The fraction of sp³-hybridized carbons (Fsp3) is 0.240. The number of nitrogens with zero attached hydrogens (tertiary/aromatic N) is 2. The number of carbonyl (C=O) groups is 1. The van der Waals surface area contributed by atoms with E-state index in [2.05, 4.69) is 13.5 Å². The molecule has 0 saturated heterocycles. The number of fused-ring (bicyclic) bond motifs is 1. The molecule has 9 heteroatoms. The van der Waals surface area contributed by atoms with Gasteiger partial charge in [-0.3, -0.25) is 4.79 Å². The summed E-state index contributed by atoms with van der Waals surface area (Å²) < 4.78 is 36.8. The van der Waals surface area contributed by atoms with Crippen LogP contribution in [0.2, 0.25) is 5.02 Å². The zero-order valence-electron chi connectivity index (χ0n) is 18.9. The smallest absolute Gasteiger partial charge is 0.264 e. The number of nitrogens with one attached hydrogen (secondary N) is 1. The van der Waals surface area contributed by atoms with Crippen molar-refractivity contribution in [3.8, 4) is 0 Å². The standard InChI is InChI=1S/C25H24ClN3O3S2/c1-25(2,3)18-7-11-20(12-8-18)34(31,32)29-24(30)21(14-16-4-9-19(26)10-5-16)17-6-13-22-23(15-17)28-33-27-22/h4-13,15,21H,14H2,1-3H3,(H,29,30). The first-order chi connectivity index (χ1) is 16.0. The quantitative estimate of drug-likeness (QED) is 0.369. The SMILES string of the molecule is CC(C)(C)c1ccc(S(=O)(=O)NC(=O)C(Cc2ccc(Cl)cc2)c2ccc3nsnc3c2)cc1. The summed E-state index contributed by atoms with van der Waals surface area (Å²) in [4.78, 5) is 13.4. The van der Waals surface area contributed by atoms with Crippen LogP contribution in [0.1, 0.15) is 43.4 Å². The molecule has 1 aromatic heterocycles. The number of benzene rings is 3. The van der Waals surface area contributed by atoms with Crippen LogP contribution < -0.4 is 4.72 Å². The Morgan fingerprint density at radius 1 is 0.971 bits per heavy atom. The van der Waals surface area contributed by atoms with Gasteiger partial charge in [0, 0.05) is 5.02 Å². The number of aromatic nitrogens is 2. The zero-order chi connectivity index (χ0) is 24.5. The monoisotopic (exact) mass is 513 g/mol. The van der Waals surface area contributed by atoms with Crippen LogP contribution in [0.4, 0.5) is 0 Å². The van der Waals surface area contributed by atoms with E-state index in [9.17, 15) is 13.2 Å². The van der Waals surface area contributed by atoms with Crippen molar-refractivity contribution >= 4 is 50.3 Å². The molecule has 176 valence electrons. The van der Waals surface area contributed by atoms with Crippen LogP contribution >= 0.6 is 23.3 Å². The summed E-state index contributed by atoms with van der Waals surface area (Å²) in [5.41, 5.74) is 3.80. The van der Waals surface area contributed by atoms with Crippen LogP contribution in [0, 0.1) is 0 Å². The number of hydrogen-bond acceptors (Lipinski definition) is 6. The van der Waals surface area contributed by atoms with Crippen molar-refractivity contribution in [2.24, 2.45) is 0 Å². The molecule has 4 rings (SSSR count). The van der Waals surface area contributed by atoms with E-state index in [1.165, 1.54) is 12.1 Å². The van der Waals surface area contributed by atoms with E-state index in [1.807, 2.05) is 32.9 Å². The van der Waals surface area contributed by atoms with Gasteiger partial charge < -0.3 is 0 Å². The van der Waals surface area contributed by atoms with E-state index in [-0.39, 0.29) is 10.3 Å². The number of amides is 1. The molecule has 1 atom stereocenters. The van der Waals surface area contributed by atoms with Gasteiger partial charge in [0.2, 0.25) is 5.91 Å². The molecule has 0 radical (unpaired) electrons. The molecule has 0 saturated carbocycles. The molecule has 1 heterocycles. The maximum Gasteiger partial charge on any atom is 0.264 e. The van der Waals surface area contributed by atoms with E-state index in [0.29, 0.717) is 22.5 Å². The summed E-state index contributed by atoms with van der Waals surface area (Å²) >= 11 is 7.09. The third kappa shape index (κ3) is 5.46. The Labute approximate surface area is 208 Å². The topological polar surface area (TPSA) is 89.0 Å². The van der Waals surface area contributed by atoms with Crippen LogP contribution in [0.15, 0.2) is 71.6 Å². The largest absolute Gasteiger partial charge is 0.273 e. The third-order valence-electron chi connectivity index (χ3n) is 5.62. The van der Waals surface area contributed by atoms with Gasteiger partial charge in [0.05, 0.1) is 22.5 Å². The van der Waals surface area contributed by atoms with Gasteiger partial charge in [-0.05, 0) is 64.9 Å². The van der Waals surface area contributed by atoms with Crippen molar-refractivity contribution in [1.29, 1.82) is 0 Å². The second kappa shape index (κ2) is 9.44. The van der Waals surface area contributed by atoms with Crippen LogP contribution in [0.5, 0.6) is 0 Å². The van der Waals surface area contributed by atoms with Crippen molar-refractivity contribution in [2.45, 2.75) is 43.4 Å². The van der Waals surface area contributed by atoms with Gasteiger partial charge in [-0.25, -0.2) is 13.1 Å². The average Bonchev–Trinajstić information content (AvgIpc) is 3.26. The first-order valence-electron chi connectivity index (χ1n) is 10.7. The lowest BCUT2D eigenvalue weighted by Gasteiger charge is -2.20. The first kappa shape index (κ1) is 24.3. The molecule has 1 amide bonds. The molecule has 6 nitrogen and oxygen atoms in total. The molecular weight excluding hydrogens is 490 g/mol. The minimum absolute atomic E-state index is 0.0400. The Bertz CT molecular complexity index is 1430. The second-order valence-corrected chi connectivity index (χ2v) is 11.8. The number of halogens is 1. The predicted octanol–water partition coefficient (Wildman–Crippen LogP) is 5.47. The van der Waals surface area contributed by atoms with E-state index in [4.69, 9.17) is 11.6 Å². The van der Waals surface area contributed by atoms with E-state index < -0.39 is 21.8 Å². The summed E-state index contributed by atoms with van der Waals surface area (Å²) in [5.74, 6) is -1.37. The Balaban J connectivity index is 1.64. The fourth-order valence-electron chi connectivity index (χ4n) is 3.63. The molecule has 34 heavy (non-hydrogen) atoms. The van der Waals surface area contributed by atoms with Crippen molar-refractivity contribution in [3.05, 3.63) is 88.4 Å². The Hall–Kier alpha value is -2.81. The number of rotatable bonds is 6. The van der Waals surface area contributed by atoms with E-state index >= 15 is 0 Å². The molecule has 1 N–H and O–H groups in total. The van der Waals surface area contributed by atoms with Crippen molar-refractivity contribution in [2.75, 3.05) is 0 Å². The average molecular weight is 514 g/mol. The number of sulfonamides is 1. The summed E-state index contributed by atoms with van der Waals surface area (Å²) in [6, 6.07) is 19.1. The van der Waals surface area contributed by atoms with Crippen molar-refractivity contribution in [1.82, 2.24) is 13.5 Å². The molecule has 0 aliphatic rings. The lowest BCUT2D eigenvalue weighted by atomic mass is 9.87. The Morgan fingerprint density at radius 2 is 1.62 bits per heavy atom. The number of hydrogen-bond donors (Lipinski definition) is 1. The summed E-state index contributed by atoms with van der Waals surface area (Å²) in [5, 5.41) is 0.584. The van der Waals surface area contributed by atoms with Crippen LogP contribution in [-0.2, 0) is 26.7 Å². The van der Waals surface area contributed by atoms with Gasteiger partial charge in [-0.2, -0.15) is 8.75 Å². The molecule has 0 fully saturated rings. The van der Waals surface area contributed by atoms with Gasteiger partial charge in [-0.15, -0.1) is 0 Å². The molecule has 3 aromatic carbocycles. The summed E-state index contributed by atoms with van der Waals surface area (Å²) in [6.07, 6.45) is 0.296. The molecular formula is C25H24ClN3O3S2. The molecule has 0 spiro atoms. The molecule has 0 aliphatic heterocycles. The minimum atomic E-state index is -4.05. The minimum Gasteiger partial charge on any atom is -0.273 e. The van der Waals surface area contributed by atoms with Crippen LogP contribution in [-0.4, -0.2) is 23.1 Å². The highest BCUT2D eigenvalue weighted by Crippen LogP contribution is 2.27. The number of carbonyl (C=O) groups excluding carboxylic acids is 1. The fourth-order valence-corrected chi connectivity index (χ4v) is 5.29. The van der Waals surface area contributed by atoms with Crippen LogP contribution in [0.3, 0.4) is 0 Å². The normalized spacial score (nSPS) is 13.1. The first-order valence-corrected chi connectivity index (χ1v) is 13.3. The lowest BCUT2D eigenvalue weighted by molar-refractivity contribution is -0.120. The highest BCUT2D eigenvalue weighted by molar-refractivity contribution is 7.90.